The zero-order valence-corrected chi connectivity index (χ0v) is 11.3. The minimum Gasteiger partial charge on any atom is -0.481 e. The van der Waals surface area contributed by atoms with E-state index in [1.165, 1.54) is 0 Å². The van der Waals surface area contributed by atoms with E-state index in [1.807, 2.05) is 26.0 Å². The lowest BCUT2D eigenvalue weighted by molar-refractivity contribution is -0.139. The van der Waals surface area contributed by atoms with Gasteiger partial charge in [-0.3, -0.25) is 9.59 Å². The van der Waals surface area contributed by atoms with Gasteiger partial charge in [0.15, 0.2) is 0 Å². The Labute approximate surface area is 116 Å². The van der Waals surface area contributed by atoms with Gasteiger partial charge in [-0.1, -0.05) is 26.0 Å². The zero-order chi connectivity index (χ0) is 14.9. The summed E-state index contributed by atoms with van der Waals surface area (Å²) < 4.78 is 0. The number of nitrogens with zero attached hydrogens (tertiary/aromatic N) is 1. The van der Waals surface area contributed by atoms with Crippen LogP contribution in [0.15, 0.2) is 24.3 Å². The second-order valence-corrected chi connectivity index (χ2v) is 5.02. The number of amides is 3. The summed E-state index contributed by atoms with van der Waals surface area (Å²) in [5, 5.41) is 11.1. The maximum atomic E-state index is 12.0. The van der Waals surface area contributed by atoms with Gasteiger partial charge in [-0.05, 0) is 23.6 Å². The number of hydrogen-bond acceptors (Lipinski definition) is 3. The molecule has 1 aliphatic rings. The second kappa shape index (κ2) is 5.32. The van der Waals surface area contributed by atoms with Crippen LogP contribution in [0.4, 0.5) is 10.5 Å². The molecule has 20 heavy (non-hydrogen) atoms. The highest BCUT2D eigenvalue weighted by Crippen LogP contribution is 2.23. The first-order valence-corrected chi connectivity index (χ1v) is 6.36. The fraction of sp³-hybridized carbons (Fsp3) is 0.357. The molecule has 0 aromatic heterocycles. The summed E-state index contributed by atoms with van der Waals surface area (Å²) in [6.07, 6.45) is -0.412. The Morgan fingerprint density at radius 3 is 2.40 bits per heavy atom. The number of nitrogens with one attached hydrogen (secondary N) is 1. The van der Waals surface area contributed by atoms with Crippen molar-refractivity contribution in [2.24, 2.45) is 0 Å². The Balaban J connectivity index is 2.22. The van der Waals surface area contributed by atoms with Gasteiger partial charge in [0.25, 0.3) is 5.91 Å². The number of carboxylic acid groups (broad SMARTS) is 1. The highest BCUT2D eigenvalue weighted by atomic mass is 16.4. The van der Waals surface area contributed by atoms with Crippen LogP contribution in [0, 0.1) is 0 Å². The summed E-state index contributed by atoms with van der Waals surface area (Å²) in [5.74, 6) is -1.30. The molecule has 0 unspecified atom stereocenters. The molecule has 1 saturated heterocycles. The zero-order valence-electron chi connectivity index (χ0n) is 11.3. The highest BCUT2D eigenvalue weighted by molar-refractivity contribution is 6.21. The predicted octanol–water partition coefficient (Wildman–Crippen LogP) is 1.71. The van der Waals surface area contributed by atoms with Crippen LogP contribution in [0.1, 0.15) is 31.7 Å². The van der Waals surface area contributed by atoms with Crippen LogP contribution < -0.4 is 10.2 Å². The number of benzene rings is 1. The van der Waals surface area contributed by atoms with Gasteiger partial charge in [-0.25, -0.2) is 9.69 Å². The number of carbonyl (C=O) groups is 3. The van der Waals surface area contributed by atoms with E-state index in [1.54, 1.807) is 12.1 Å². The number of carboxylic acids is 1. The molecule has 6 heteroatoms. The normalized spacial score (nSPS) is 18.6. The van der Waals surface area contributed by atoms with Gasteiger partial charge in [0, 0.05) is 0 Å². The van der Waals surface area contributed by atoms with Gasteiger partial charge in [0.05, 0.1) is 12.1 Å². The lowest BCUT2D eigenvalue weighted by atomic mass is 10.0. The predicted molar refractivity (Wildman–Crippen MR) is 72.6 cm³/mol. The standard InChI is InChI=1S/C14H16N2O4/c1-8(2)9-3-5-10(6-4-9)16-13(19)11(7-12(17)18)15-14(16)20/h3-6,8,11H,7H2,1-2H3,(H,15,20)(H,17,18)/t11-/m0/s1. The van der Waals surface area contributed by atoms with Crippen molar-refractivity contribution in [1.82, 2.24) is 5.32 Å². The first-order valence-electron chi connectivity index (χ1n) is 6.36. The largest absolute Gasteiger partial charge is 0.481 e. The van der Waals surface area contributed by atoms with E-state index in [-0.39, 0.29) is 0 Å². The summed E-state index contributed by atoms with van der Waals surface area (Å²) >= 11 is 0. The molecule has 106 valence electrons. The van der Waals surface area contributed by atoms with Crippen molar-refractivity contribution < 1.29 is 19.5 Å². The van der Waals surface area contributed by atoms with Crippen molar-refractivity contribution in [3.05, 3.63) is 29.8 Å². The van der Waals surface area contributed by atoms with E-state index in [9.17, 15) is 14.4 Å². The third kappa shape index (κ3) is 2.64. The lowest BCUT2D eigenvalue weighted by Crippen LogP contribution is -2.32. The molecule has 2 N–H and O–H groups in total. The first-order chi connectivity index (χ1) is 9.40. The van der Waals surface area contributed by atoms with E-state index in [0.717, 1.165) is 10.5 Å². The van der Waals surface area contributed by atoms with Gasteiger partial charge < -0.3 is 10.4 Å². The molecule has 0 bridgehead atoms. The van der Waals surface area contributed by atoms with Crippen molar-refractivity contribution in [1.29, 1.82) is 0 Å². The Bertz CT molecular complexity index is 551. The van der Waals surface area contributed by atoms with Crippen molar-refractivity contribution in [2.45, 2.75) is 32.2 Å². The van der Waals surface area contributed by atoms with Gasteiger partial charge in [0.2, 0.25) is 0 Å². The molecule has 0 aliphatic carbocycles. The monoisotopic (exact) mass is 276 g/mol. The molecule has 1 aromatic rings. The molecule has 2 rings (SSSR count). The van der Waals surface area contributed by atoms with Crippen molar-refractivity contribution in [3.63, 3.8) is 0 Å². The smallest absolute Gasteiger partial charge is 0.329 e. The minimum absolute atomic E-state index is 0.354. The molecule has 1 aromatic carbocycles. The summed E-state index contributed by atoms with van der Waals surface area (Å²) in [4.78, 5) is 35.5. The molecule has 0 spiro atoms. The SMILES string of the molecule is CC(C)c1ccc(N2C(=O)N[C@@H](CC(=O)O)C2=O)cc1. The first kappa shape index (κ1) is 14.0. The minimum atomic E-state index is -1.12. The van der Waals surface area contributed by atoms with E-state index < -0.39 is 30.4 Å². The number of aliphatic carboxylic acids is 1. The van der Waals surface area contributed by atoms with Crippen LogP contribution in [-0.4, -0.2) is 29.1 Å². The third-order valence-electron chi connectivity index (χ3n) is 3.22. The van der Waals surface area contributed by atoms with Crippen LogP contribution in [0.5, 0.6) is 0 Å². The number of hydrogen-bond donors (Lipinski definition) is 2. The maximum absolute atomic E-state index is 12.0. The molecule has 0 radical (unpaired) electrons. The summed E-state index contributed by atoms with van der Waals surface area (Å²) in [5.41, 5.74) is 1.55. The Kier molecular flexibility index (Phi) is 3.74. The number of carbonyl (C=O) groups excluding carboxylic acids is 2. The third-order valence-corrected chi connectivity index (χ3v) is 3.22. The molecule has 1 atom stereocenters. The average Bonchev–Trinajstić information content (AvgIpc) is 2.64. The van der Waals surface area contributed by atoms with Crippen LogP contribution in [0.2, 0.25) is 0 Å². The number of imide groups is 1. The second-order valence-electron chi connectivity index (χ2n) is 5.02. The number of anilines is 1. The fourth-order valence-electron chi connectivity index (χ4n) is 2.10. The van der Waals surface area contributed by atoms with Gasteiger partial charge in [-0.15, -0.1) is 0 Å². The molecular formula is C14H16N2O4. The summed E-state index contributed by atoms with van der Waals surface area (Å²) in [7, 11) is 0. The maximum Gasteiger partial charge on any atom is 0.329 e. The molecular weight excluding hydrogens is 260 g/mol. The molecule has 3 amide bonds. The van der Waals surface area contributed by atoms with Crippen LogP contribution in [0.25, 0.3) is 0 Å². The molecule has 1 fully saturated rings. The Morgan fingerprint density at radius 1 is 1.30 bits per heavy atom. The topological polar surface area (TPSA) is 86.7 Å². The molecule has 1 heterocycles. The van der Waals surface area contributed by atoms with Gasteiger partial charge in [0.1, 0.15) is 6.04 Å². The highest BCUT2D eigenvalue weighted by Gasteiger charge is 2.39. The molecule has 0 saturated carbocycles. The van der Waals surface area contributed by atoms with E-state index >= 15 is 0 Å². The average molecular weight is 276 g/mol. The lowest BCUT2D eigenvalue weighted by Gasteiger charge is -2.14. The number of urea groups is 1. The Morgan fingerprint density at radius 2 is 1.90 bits per heavy atom. The van der Waals surface area contributed by atoms with Gasteiger partial charge >= 0.3 is 12.0 Å². The van der Waals surface area contributed by atoms with Crippen LogP contribution in [-0.2, 0) is 9.59 Å². The number of rotatable bonds is 4. The summed E-state index contributed by atoms with van der Waals surface area (Å²) in [6, 6.07) is 5.51. The molecule has 6 nitrogen and oxygen atoms in total. The Hall–Kier alpha value is -2.37. The van der Waals surface area contributed by atoms with Crippen molar-refractivity contribution in [2.75, 3.05) is 4.90 Å². The van der Waals surface area contributed by atoms with Crippen molar-refractivity contribution in [3.8, 4) is 0 Å². The molecule has 1 aliphatic heterocycles. The quantitative estimate of drug-likeness (QED) is 0.820. The van der Waals surface area contributed by atoms with Crippen molar-refractivity contribution >= 4 is 23.6 Å². The van der Waals surface area contributed by atoms with Gasteiger partial charge in [-0.2, -0.15) is 0 Å². The summed E-state index contributed by atoms with van der Waals surface area (Å²) in [6.45, 7) is 4.09. The fourth-order valence-corrected chi connectivity index (χ4v) is 2.10. The van der Waals surface area contributed by atoms with E-state index in [2.05, 4.69) is 5.32 Å². The van der Waals surface area contributed by atoms with Crippen LogP contribution >= 0.6 is 0 Å². The van der Waals surface area contributed by atoms with Crippen LogP contribution in [0.3, 0.4) is 0 Å². The van der Waals surface area contributed by atoms with E-state index in [0.29, 0.717) is 11.6 Å². The van der Waals surface area contributed by atoms with E-state index in [4.69, 9.17) is 5.11 Å².